The second kappa shape index (κ2) is 46.0. The lowest BCUT2D eigenvalue weighted by Gasteiger charge is -2.34. The number of hydrogen-bond acceptors (Lipinski definition) is 26. The minimum Gasteiger partial charge on any atom is -0.504 e. The van der Waals surface area contributed by atoms with E-state index in [1.165, 1.54) is 49.6 Å². The van der Waals surface area contributed by atoms with E-state index in [2.05, 4.69) is 69.4 Å². The fourth-order valence-corrected chi connectivity index (χ4v) is 16.1. The second-order valence-electron chi connectivity index (χ2n) is 31.1. The van der Waals surface area contributed by atoms with Crippen LogP contribution in [-0.4, -0.2) is 236 Å². The van der Waals surface area contributed by atoms with Gasteiger partial charge in [0.2, 0.25) is 0 Å². The van der Waals surface area contributed by atoms with E-state index in [0.717, 1.165) is 69.4 Å². The number of nitrogens with zero attached hydrogens (tertiary/aromatic N) is 8. The normalized spacial score (nSPS) is 15.6. The molecule has 126 heavy (non-hydrogen) atoms. The summed E-state index contributed by atoms with van der Waals surface area (Å²) in [4.78, 5) is 88.9. The first-order chi connectivity index (χ1) is 61.1. The third kappa shape index (κ3) is 25.4. The van der Waals surface area contributed by atoms with Crippen LogP contribution in [0.2, 0.25) is 0 Å². The van der Waals surface area contributed by atoms with Gasteiger partial charge in [-0.1, -0.05) is 85.8 Å². The Labute approximate surface area is 737 Å². The summed E-state index contributed by atoms with van der Waals surface area (Å²) in [6, 6.07) is 46.6. The van der Waals surface area contributed by atoms with Gasteiger partial charge in [0.05, 0.1) is 159 Å². The van der Waals surface area contributed by atoms with Crippen LogP contribution in [0, 0.1) is 6.92 Å². The van der Waals surface area contributed by atoms with Gasteiger partial charge < -0.3 is 86.4 Å². The number of aryl methyl sites for hydroxylation is 2. The van der Waals surface area contributed by atoms with Crippen LogP contribution in [-0.2, 0) is 127 Å². The zero-order chi connectivity index (χ0) is 89.1. The van der Waals surface area contributed by atoms with E-state index in [1.54, 1.807) is 45.7 Å². The number of carbonyl (C=O) groups excluding carboxylic acids is 5. The first kappa shape index (κ1) is 93.5. The molecule has 6 aliphatic rings. The molecule has 8 aromatic carbocycles. The molecule has 3 amide bonds. The molecule has 0 bridgehead atoms. The smallest absolute Gasteiger partial charge is 0.305 e. The third-order valence-corrected chi connectivity index (χ3v) is 23.0. The SMILES string of the molecule is CCc1cc(COS(C)(=O)=O)cc(N(CCCC(=O)OC)CCOCCOCCOC)c1.COCCOCCOCCN(CCCC(=O)OC)c1cc(COc2cc3c(cc2C)C(=O)N2Cc4ccccc4C[C@H]2C=N3)cc(COc2cc3c(cc2OC)C(=O)N2Cc4ccccc4C[C@H]2C=N3)c1.COc1cc2c(cc1O)N=C[C@@H]1Cc3ccccc3CN1C2=O. The van der Waals surface area contributed by atoms with Crippen molar-refractivity contribution in [3.05, 3.63) is 223 Å². The predicted octanol–water partition coefficient (Wildman–Crippen LogP) is 13.0. The van der Waals surface area contributed by atoms with E-state index in [0.29, 0.717) is 195 Å². The van der Waals surface area contributed by atoms with Crippen LogP contribution in [0.3, 0.4) is 0 Å². The molecular weight excluding hydrogens is 1630 g/mol. The number of esters is 2. The number of phenols is 1. The van der Waals surface area contributed by atoms with E-state index in [4.69, 9.17) is 71.0 Å². The zero-order valence-electron chi connectivity index (χ0n) is 73.2. The molecule has 0 aromatic heterocycles. The minimum absolute atomic E-state index is 0.0145. The van der Waals surface area contributed by atoms with Crippen LogP contribution in [0.4, 0.5) is 28.4 Å². The first-order valence-electron chi connectivity index (χ1n) is 42.5. The molecule has 6 heterocycles. The van der Waals surface area contributed by atoms with Crippen molar-refractivity contribution in [3.63, 3.8) is 0 Å². The van der Waals surface area contributed by atoms with Gasteiger partial charge in [-0.25, -0.2) is 0 Å². The van der Waals surface area contributed by atoms with Crippen molar-refractivity contribution in [2.24, 2.45) is 15.0 Å². The largest absolute Gasteiger partial charge is 0.504 e. The number of rotatable bonds is 40. The second-order valence-corrected chi connectivity index (χ2v) is 32.8. The molecule has 0 saturated carbocycles. The Kier molecular flexibility index (Phi) is 34.2. The summed E-state index contributed by atoms with van der Waals surface area (Å²) in [5.74, 6) is 0.947. The molecule has 0 unspecified atom stereocenters. The maximum absolute atomic E-state index is 14.1. The third-order valence-electron chi connectivity index (χ3n) is 22.5. The molecule has 3 atom stereocenters. The van der Waals surface area contributed by atoms with Gasteiger partial charge in [-0.15, -0.1) is 0 Å². The molecule has 1 N–H and O–H groups in total. The predicted molar refractivity (Wildman–Crippen MR) is 479 cm³/mol. The topological polar surface area (TPSA) is 313 Å². The quantitative estimate of drug-likeness (QED) is 0.0212. The van der Waals surface area contributed by atoms with E-state index in [-0.39, 0.29) is 85.5 Å². The fourth-order valence-electron chi connectivity index (χ4n) is 15.7. The van der Waals surface area contributed by atoms with Crippen molar-refractivity contribution in [2.75, 3.05) is 151 Å². The van der Waals surface area contributed by atoms with Crippen LogP contribution in [0.5, 0.6) is 28.7 Å². The van der Waals surface area contributed by atoms with Gasteiger partial charge >= 0.3 is 11.9 Å². The number of hydrogen-bond donors (Lipinski definition) is 1. The van der Waals surface area contributed by atoms with E-state index < -0.39 is 10.1 Å². The average Bonchev–Trinajstić information content (AvgIpc) is 1.72. The molecule has 29 nitrogen and oxygen atoms in total. The molecule has 0 fully saturated rings. The van der Waals surface area contributed by atoms with Gasteiger partial charge in [0.25, 0.3) is 27.8 Å². The molecular formula is C96H114N8O21S. The van der Waals surface area contributed by atoms with Gasteiger partial charge in [-0.3, -0.25) is 43.1 Å². The lowest BCUT2D eigenvalue weighted by atomic mass is 9.94. The number of fused-ring (bicyclic) bond motifs is 9. The van der Waals surface area contributed by atoms with Crippen molar-refractivity contribution in [1.29, 1.82) is 0 Å². The Morgan fingerprint density at radius 3 is 1.23 bits per heavy atom. The molecule has 0 saturated heterocycles. The first-order valence-corrected chi connectivity index (χ1v) is 44.3. The Morgan fingerprint density at radius 2 is 0.810 bits per heavy atom. The average molecular weight is 1750 g/mol. The Hall–Kier alpha value is -11.6. The van der Waals surface area contributed by atoms with Crippen molar-refractivity contribution < 1.29 is 98.5 Å². The summed E-state index contributed by atoms with van der Waals surface area (Å²) in [6.07, 6.45) is 11.3. The minimum atomic E-state index is -3.54. The van der Waals surface area contributed by atoms with Crippen LogP contribution in [0.15, 0.2) is 161 Å². The molecule has 30 heteroatoms. The number of amides is 3. The highest BCUT2D eigenvalue weighted by Gasteiger charge is 2.37. The van der Waals surface area contributed by atoms with Crippen molar-refractivity contribution >= 4 is 86.9 Å². The number of anilines is 2. The number of carbonyl (C=O) groups is 5. The highest BCUT2D eigenvalue weighted by atomic mass is 32.2. The molecule has 0 radical (unpaired) electrons. The van der Waals surface area contributed by atoms with Crippen molar-refractivity contribution in [1.82, 2.24) is 14.7 Å². The zero-order valence-corrected chi connectivity index (χ0v) is 74.0. The molecule has 0 aliphatic carbocycles. The van der Waals surface area contributed by atoms with Crippen molar-refractivity contribution in [3.8, 4) is 28.7 Å². The van der Waals surface area contributed by atoms with Crippen LogP contribution in [0.1, 0.15) is 125 Å². The Morgan fingerprint density at radius 1 is 0.437 bits per heavy atom. The van der Waals surface area contributed by atoms with Crippen LogP contribution in [0.25, 0.3) is 0 Å². The monoisotopic (exact) mass is 1750 g/mol. The van der Waals surface area contributed by atoms with Crippen LogP contribution < -0.4 is 28.7 Å². The van der Waals surface area contributed by atoms with E-state index in [9.17, 15) is 37.5 Å². The molecule has 14 rings (SSSR count). The molecule has 670 valence electrons. The van der Waals surface area contributed by atoms with Gasteiger partial charge in [-0.05, 0) is 155 Å². The Balaban J connectivity index is 0.000000214. The highest BCUT2D eigenvalue weighted by molar-refractivity contribution is 7.85. The van der Waals surface area contributed by atoms with Gasteiger partial charge in [0.1, 0.15) is 19.0 Å². The van der Waals surface area contributed by atoms with E-state index >= 15 is 0 Å². The number of benzene rings is 8. The maximum atomic E-state index is 14.1. The lowest BCUT2D eigenvalue weighted by molar-refractivity contribution is -0.141. The summed E-state index contributed by atoms with van der Waals surface area (Å²) >= 11 is 0. The molecule has 0 spiro atoms. The fraction of sp³-hybridized carbons (Fsp3) is 0.417. The summed E-state index contributed by atoms with van der Waals surface area (Å²) in [6.45, 7) is 13.0. The van der Waals surface area contributed by atoms with Gasteiger partial charge in [0.15, 0.2) is 23.0 Å². The number of aliphatic imine (C=N–C) groups is 3. The summed E-state index contributed by atoms with van der Waals surface area (Å²) < 4.78 is 94.3. The Bertz CT molecular complexity index is 5310. The van der Waals surface area contributed by atoms with Crippen LogP contribution >= 0.6 is 0 Å². The molecule has 6 aliphatic heterocycles. The summed E-state index contributed by atoms with van der Waals surface area (Å²) in [5, 5.41) is 9.92. The highest BCUT2D eigenvalue weighted by Crippen LogP contribution is 2.42. The van der Waals surface area contributed by atoms with E-state index in [1.807, 2.05) is 108 Å². The number of methoxy groups -OCH3 is 6. The van der Waals surface area contributed by atoms with Crippen molar-refractivity contribution in [2.45, 2.75) is 123 Å². The number of aromatic hydroxyl groups is 1. The lowest BCUT2D eigenvalue weighted by Crippen LogP contribution is -2.44. The van der Waals surface area contributed by atoms with Gasteiger partial charge in [0, 0.05) is 121 Å². The number of ether oxygens (including phenoxy) is 12. The molecule has 8 aromatic rings. The summed E-state index contributed by atoms with van der Waals surface area (Å²) in [7, 11) is 5.52. The standard InChI is InChI=1S/C56H61N5O10.C22H37NO8S.C18H16N2O3/c1-37-22-47-49(57-31-45-26-40-10-5-7-12-42(40)33-60(45)55(47)63)29-51(37)70-35-38-23-39(25-44(24-38)59(15-9-14-54(62)67-4)16-17-68-20-21-69-19-18-65-2)36-71-53-30-50-48(28-52(53)66-3)56(64)61-34-43-13-8-6-11-41(43)27-46(61)32-58-50;1-5-19-15-20(18-31-32(4,25)26)17-21(16-19)23(8-6-7-22(24)28-3)9-10-29-13-14-30-12-11-27-2;1-23-17-7-14-15(8-16(17)21)19-9-13-6-11-4-2-3-5-12(11)10-20(13)18(14)22/h5-8,10-13,22-25,28-32,45-46H,9,14-21,26-27,33-36H2,1-4H3;15-17H,5-14,18H2,1-4H3;2-5,7-9,13,21H,6,10H2,1H3/t45-,46-;;13-/m0.0/s1. The summed E-state index contributed by atoms with van der Waals surface area (Å²) in [5.41, 5.74) is 16.3. The maximum Gasteiger partial charge on any atom is 0.305 e. The number of phenolic OH excluding ortho intramolecular Hbond substituents is 1. The van der Waals surface area contributed by atoms with Gasteiger partial charge in [-0.2, -0.15) is 8.42 Å².